The van der Waals surface area contributed by atoms with Crippen LogP contribution in [0.4, 0.5) is 10.5 Å². The summed E-state index contributed by atoms with van der Waals surface area (Å²) in [4.78, 5) is 23.4. The third-order valence-corrected chi connectivity index (χ3v) is 5.14. The van der Waals surface area contributed by atoms with Crippen LogP contribution in [0.3, 0.4) is 0 Å². The molecule has 2 amide bonds. The number of nitrogens with one attached hydrogen (secondary N) is 1. The molecule has 3 aromatic rings. The van der Waals surface area contributed by atoms with Gasteiger partial charge in [-0.25, -0.2) is 14.5 Å². The Labute approximate surface area is 164 Å². The summed E-state index contributed by atoms with van der Waals surface area (Å²) in [6, 6.07) is 13.6. The van der Waals surface area contributed by atoms with Crippen molar-refractivity contribution in [2.75, 3.05) is 5.32 Å². The number of rotatable bonds is 5. The maximum atomic E-state index is 13.1. The summed E-state index contributed by atoms with van der Waals surface area (Å²) in [7, 11) is 0. The largest absolute Gasteiger partial charge is 0.322 e. The molecule has 0 unspecified atom stereocenters. The van der Waals surface area contributed by atoms with E-state index in [0.717, 1.165) is 29.9 Å². The van der Waals surface area contributed by atoms with Gasteiger partial charge in [0.15, 0.2) is 0 Å². The lowest BCUT2D eigenvalue weighted by Gasteiger charge is -2.34. The van der Waals surface area contributed by atoms with Gasteiger partial charge in [-0.05, 0) is 49.2 Å². The summed E-state index contributed by atoms with van der Waals surface area (Å²) in [6.45, 7) is 0.522. The fraction of sp³-hybridized carbons (Fsp3) is 0.333. The molecule has 2 heterocycles. The molecule has 1 N–H and O–H groups in total. The minimum atomic E-state index is -0.0777. The lowest BCUT2D eigenvalue weighted by atomic mass is 9.94. The van der Waals surface area contributed by atoms with Crippen LogP contribution in [0.2, 0.25) is 0 Å². The number of hydrogen-bond donors (Lipinski definition) is 1. The van der Waals surface area contributed by atoms with Crippen molar-refractivity contribution in [3.8, 4) is 5.69 Å². The van der Waals surface area contributed by atoms with E-state index in [9.17, 15) is 4.79 Å². The first-order chi connectivity index (χ1) is 13.8. The fourth-order valence-electron chi connectivity index (χ4n) is 3.66. The van der Waals surface area contributed by atoms with Crippen LogP contribution in [0.15, 0.2) is 61.3 Å². The maximum Gasteiger partial charge on any atom is 0.322 e. The van der Waals surface area contributed by atoms with Gasteiger partial charge in [0.2, 0.25) is 0 Å². The molecule has 1 saturated carbocycles. The molecule has 1 fully saturated rings. The first-order valence-corrected chi connectivity index (χ1v) is 9.72. The number of amides is 2. The van der Waals surface area contributed by atoms with Crippen molar-refractivity contribution < 1.29 is 4.79 Å². The van der Waals surface area contributed by atoms with Crippen molar-refractivity contribution in [3.05, 3.63) is 67.0 Å². The molecule has 0 bridgehead atoms. The average molecular weight is 376 g/mol. The minimum absolute atomic E-state index is 0.0777. The number of pyridine rings is 1. The van der Waals surface area contributed by atoms with Crippen LogP contribution in [-0.4, -0.2) is 36.7 Å². The van der Waals surface area contributed by atoms with Crippen molar-refractivity contribution in [1.82, 2.24) is 24.6 Å². The van der Waals surface area contributed by atoms with Gasteiger partial charge in [-0.2, -0.15) is 5.10 Å². The third-order valence-electron chi connectivity index (χ3n) is 5.14. The first kappa shape index (κ1) is 18.2. The van der Waals surface area contributed by atoms with Gasteiger partial charge in [-0.1, -0.05) is 25.3 Å². The van der Waals surface area contributed by atoms with Gasteiger partial charge < -0.3 is 10.2 Å². The van der Waals surface area contributed by atoms with Gasteiger partial charge >= 0.3 is 6.03 Å². The van der Waals surface area contributed by atoms with Crippen LogP contribution in [0, 0.1) is 0 Å². The molecule has 0 saturated heterocycles. The molecule has 2 aromatic heterocycles. The molecule has 1 aliphatic carbocycles. The number of hydrogen-bond acceptors (Lipinski definition) is 4. The standard InChI is InChI=1S/C21H24N6O/c28-21(25-17-9-11-20(12-10-17)27-16-22-15-24-27)26(19-7-2-1-3-8-19)14-18-6-4-5-13-23-18/h4-6,9-13,15-16,19H,1-3,7-8,14H2,(H,25,28). The average Bonchev–Trinajstić information content (AvgIpc) is 3.29. The van der Waals surface area contributed by atoms with Crippen molar-refractivity contribution in [3.63, 3.8) is 0 Å². The van der Waals surface area contributed by atoms with E-state index >= 15 is 0 Å². The quantitative estimate of drug-likeness (QED) is 0.729. The number of nitrogens with zero attached hydrogens (tertiary/aromatic N) is 5. The van der Waals surface area contributed by atoms with Crippen molar-refractivity contribution >= 4 is 11.7 Å². The fourth-order valence-corrected chi connectivity index (χ4v) is 3.66. The Hall–Kier alpha value is -3.22. The second kappa shape index (κ2) is 8.65. The maximum absolute atomic E-state index is 13.1. The third kappa shape index (κ3) is 4.36. The highest BCUT2D eigenvalue weighted by molar-refractivity contribution is 5.89. The molecule has 0 radical (unpaired) electrons. The zero-order valence-electron chi connectivity index (χ0n) is 15.7. The van der Waals surface area contributed by atoms with Gasteiger partial charge in [0.05, 0.1) is 17.9 Å². The molecule has 7 heteroatoms. The van der Waals surface area contributed by atoms with Crippen LogP contribution >= 0.6 is 0 Å². The van der Waals surface area contributed by atoms with Gasteiger partial charge in [0.1, 0.15) is 12.7 Å². The second-order valence-corrected chi connectivity index (χ2v) is 7.06. The predicted octanol–water partition coefficient (Wildman–Crippen LogP) is 4.03. The summed E-state index contributed by atoms with van der Waals surface area (Å²) >= 11 is 0. The van der Waals surface area contributed by atoms with Gasteiger partial charge in [0.25, 0.3) is 0 Å². The minimum Gasteiger partial charge on any atom is -0.316 e. The van der Waals surface area contributed by atoms with E-state index in [1.807, 2.05) is 47.4 Å². The normalized spacial score (nSPS) is 14.6. The molecule has 0 atom stereocenters. The topological polar surface area (TPSA) is 75.9 Å². The number of urea groups is 1. The van der Waals surface area contributed by atoms with E-state index in [2.05, 4.69) is 20.4 Å². The number of carbonyl (C=O) groups excluding carboxylic acids is 1. The molecular weight excluding hydrogens is 352 g/mol. The van der Waals surface area contributed by atoms with Crippen LogP contribution in [-0.2, 0) is 6.54 Å². The molecule has 144 valence electrons. The lowest BCUT2D eigenvalue weighted by molar-refractivity contribution is 0.162. The Morgan fingerprint density at radius 3 is 2.61 bits per heavy atom. The van der Waals surface area contributed by atoms with E-state index < -0.39 is 0 Å². The lowest BCUT2D eigenvalue weighted by Crippen LogP contribution is -2.43. The number of anilines is 1. The predicted molar refractivity (Wildman–Crippen MR) is 107 cm³/mol. The van der Waals surface area contributed by atoms with Gasteiger partial charge in [-0.3, -0.25) is 4.98 Å². The molecule has 7 nitrogen and oxygen atoms in total. The summed E-state index contributed by atoms with van der Waals surface area (Å²) in [5.41, 5.74) is 2.56. The van der Waals surface area contributed by atoms with E-state index in [1.165, 1.54) is 25.6 Å². The van der Waals surface area contributed by atoms with E-state index in [-0.39, 0.29) is 12.1 Å². The van der Waals surface area contributed by atoms with Crippen LogP contribution in [0.25, 0.3) is 5.69 Å². The highest BCUT2D eigenvalue weighted by Gasteiger charge is 2.26. The van der Waals surface area contributed by atoms with Crippen LogP contribution < -0.4 is 5.32 Å². The van der Waals surface area contributed by atoms with Crippen molar-refractivity contribution in [2.24, 2.45) is 0 Å². The molecule has 4 rings (SSSR count). The van der Waals surface area contributed by atoms with Gasteiger partial charge in [0, 0.05) is 17.9 Å². The Bertz CT molecular complexity index is 873. The number of carbonyl (C=O) groups is 1. The molecule has 0 aliphatic heterocycles. The zero-order valence-corrected chi connectivity index (χ0v) is 15.7. The van der Waals surface area contributed by atoms with Crippen molar-refractivity contribution in [1.29, 1.82) is 0 Å². The summed E-state index contributed by atoms with van der Waals surface area (Å²) < 4.78 is 1.68. The van der Waals surface area contributed by atoms with E-state index in [0.29, 0.717) is 6.54 Å². The summed E-state index contributed by atoms with van der Waals surface area (Å²) in [5, 5.41) is 7.16. The first-order valence-electron chi connectivity index (χ1n) is 9.72. The Kier molecular flexibility index (Phi) is 5.61. The Morgan fingerprint density at radius 2 is 1.93 bits per heavy atom. The monoisotopic (exact) mass is 376 g/mol. The SMILES string of the molecule is O=C(Nc1ccc(-n2cncn2)cc1)N(Cc1ccccn1)C1CCCCC1. The molecule has 1 aromatic carbocycles. The molecule has 28 heavy (non-hydrogen) atoms. The van der Waals surface area contributed by atoms with Crippen LogP contribution in [0.5, 0.6) is 0 Å². The Balaban J connectivity index is 1.48. The molecule has 0 spiro atoms. The zero-order chi connectivity index (χ0) is 19.2. The summed E-state index contributed by atoms with van der Waals surface area (Å²) in [6.07, 6.45) is 10.6. The molecular formula is C21H24N6O. The van der Waals surface area contributed by atoms with E-state index in [4.69, 9.17) is 0 Å². The Morgan fingerprint density at radius 1 is 1.11 bits per heavy atom. The summed E-state index contributed by atoms with van der Waals surface area (Å²) in [5.74, 6) is 0. The van der Waals surface area contributed by atoms with E-state index in [1.54, 1.807) is 17.2 Å². The highest BCUT2D eigenvalue weighted by Crippen LogP contribution is 2.25. The second-order valence-electron chi connectivity index (χ2n) is 7.06. The molecule has 1 aliphatic rings. The van der Waals surface area contributed by atoms with Gasteiger partial charge in [-0.15, -0.1) is 0 Å². The van der Waals surface area contributed by atoms with Crippen LogP contribution in [0.1, 0.15) is 37.8 Å². The number of aromatic nitrogens is 4. The number of benzene rings is 1. The smallest absolute Gasteiger partial charge is 0.316 e. The highest BCUT2D eigenvalue weighted by atomic mass is 16.2. The van der Waals surface area contributed by atoms with Crippen molar-refractivity contribution in [2.45, 2.75) is 44.7 Å².